The van der Waals surface area contributed by atoms with Gasteiger partial charge in [-0.2, -0.15) is 13.2 Å². The summed E-state index contributed by atoms with van der Waals surface area (Å²) in [6.45, 7) is 2.13. The summed E-state index contributed by atoms with van der Waals surface area (Å²) in [5.74, 6) is -0.189. The van der Waals surface area contributed by atoms with Crippen LogP contribution in [0.15, 0.2) is 72.4 Å². The number of ether oxygens (including phenoxy) is 1. The SMILES string of the molecule is Cc1cccc(CCOc2ccc(Nc3nc(-c4cccnc4)cs3)cc2C(F)(F)F)c1. The maximum Gasteiger partial charge on any atom is 0.420 e. The molecule has 4 aromatic rings. The van der Waals surface area contributed by atoms with E-state index < -0.39 is 11.7 Å². The highest BCUT2D eigenvalue weighted by molar-refractivity contribution is 7.14. The normalized spacial score (nSPS) is 11.4. The van der Waals surface area contributed by atoms with Crippen molar-refractivity contribution in [1.29, 1.82) is 0 Å². The monoisotopic (exact) mass is 455 g/mol. The molecule has 1 N–H and O–H groups in total. The average molecular weight is 456 g/mol. The highest BCUT2D eigenvalue weighted by Crippen LogP contribution is 2.39. The molecule has 2 aromatic heterocycles. The quantitative estimate of drug-likeness (QED) is 0.329. The van der Waals surface area contributed by atoms with Crippen LogP contribution in [0.1, 0.15) is 16.7 Å². The molecule has 4 rings (SSSR count). The Morgan fingerprint density at radius 3 is 2.69 bits per heavy atom. The predicted molar refractivity (Wildman–Crippen MR) is 120 cm³/mol. The van der Waals surface area contributed by atoms with E-state index in [1.807, 2.05) is 42.6 Å². The number of anilines is 2. The molecule has 8 heteroatoms. The number of nitrogens with zero attached hydrogens (tertiary/aromatic N) is 2. The number of nitrogens with one attached hydrogen (secondary N) is 1. The summed E-state index contributed by atoms with van der Waals surface area (Å²) in [5.41, 5.74) is 3.13. The number of aromatic nitrogens is 2. The van der Waals surface area contributed by atoms with Crippen molar-refractivity contribution in [3.05, 3.63) is 89.1 Å². The van der Waals surface area contributed by atoms with Gasteiger partial charge < -0.3 is 10.1 Å². The molecule has 2 aromatic carbocycles. The second-order valence-electron chi connectivity index (χ2n) is 7.20. The molecular formula is C24H20F3N3OS. The number of thiazole rings is 1. The van der Waals surface area contributed by atoms with E-state index in [4.69, 9.17) is 4.74 Å². The fraction of sp³-hybridized carbons (Fsp3) is 0.167. The van der Waals surface area contributed by atoms with Crippen LogP contribution in [0, 0.1) is 6.92 Å². The number of aryl methyl sites for hydroxylation is 1. The summed E-state index contributed by atoms with van der Waals surface area (Å²) >= 11 is 1.31. The van der Waals surface area contributed by atoms with Crippen LogP contribution in [-0.2, 0) is 12.6 Å². The highest BCUT2D eigenvalue weighted by atomic mass is 32.1. The van der Waals surface area contributed by atoms with E-state index in [2.05, 4.69) is 15.3 Å². The number of pyridine rings is 1. The van der Waals surface area contributed by atoms with Crippen molar-refractivity contribution in [2.24, 2.45) is 0 Å². The van der Waals surface area contributed by atoms with Crippen LogP contribution < -0.4 is 10.1 Å². The molecule has 0 fully saturated rings. The number of rotatable bonds is 7. The first kappa shape index (κ1) is 21.8. The minimum Gasteiger partial charge on any atom is -0.493 e. The Morgan fingerprint density at radius 2 is 1.94 bits per heavy atom. The van der Waals surface area contributed by atoms with Crippen LogP contribution in [0.2, 0.25) is 0 Å². The lowest BCUT2D eigenvalue weighted by atomic mass is 10.1. The molecule has 2 heterocycles. The van der Waals surface area contributed by atoms with Gasteiger partial charge in [0.1, 0.15) is 5.75 Å². The van der Waals surface area contributed by atoms with E-state index in [9.17, 15) is 13.2 Å². The van der Waals surface area contributed by atoms with Gasteiger partial charge in [0.25, 0.3) is 0 Å². The summed E-state index contributed by atoms with van der Waals surface area (Å²) < 4.78 is 46.5. The number of hydrogen-bond acceptors (Lipinski definition) is 5. The summed E-state index contributed by atoms with van der Waals surface area (Å²) in [7, 11) is 0. The van der Waals surface area contributed by atoms with Crippen molar-refractivity contribution in [2.45, 2.75) is 19.5 Å². The van der Waals surface area contributed by atoms with Crippen molar-refractivity contribution >= 4 is 22.2 Å². The third-order valence-corrected chi connectivity index (χ3v) is 5.49. The molecule has 164 valence electrons. The largest absolute Gasteiger partial charge is 0.493 e. The Kier molecular flexibility index (Phi) is 6.41. The van der Waals surface area contributed by atoms with Crippen LogP contribution in [0.25, 0.3) is 11.3 Å². The Labute approximate surface area is 187 Å². The zero-order chi connectivity index (χ0) is 22.6. The fourth-order valence-electron chi connectivity index (χ4n) is 3.20. The summed E-state index contributed by atoms with van der Waals surface area (Å²) in [6.07, 6.45) is -0.670. The Bertz CT molecular complexity index is 1190. The molecule has 0 atom stereocenters. The van der Waals surface area contributed by atoms with Gasteiger partial charge >= 0.3 is 6.18 Å². The Hall–Kier alpha value is -3.39. The van der Waals surface area contributed by atoms with Crippen molar-refractivity contribution in [2.75, 3.05) is 11.9 Å². The molecule has 0 aliphatic rings. The van der Waals surface area contributed by atoms with Crippen LogP contribution in [0.5, 0.6) is 5.75 Å². The molecule has 4 nitrogen and oxygen atoms in total. The molecule has 32 heavy (non-hydrogen) atoms. The Balaban J connectivity index is 1.48. The van der Waals surface area contributed by atoms with E-state index in [-0.39, 0.29) is 18.0 Å². The summed E-state index contributed by atoms with van der Waals surface area (Å²) in [5, 5.41) is 5.27. The third-order valence-electron chi connectivity index (χ3n) is 4.73. The molecule has 0 radical (unpaired) electrons. The zero-order valence-electron chi connectivity index (χ0n) is 17.2. The van der Waals surface area contributed by atoms with Gasteiger partial charge in [0.05, 0.1) is 17.9 Å². The second-order valence-corrected chi connectivity index (χ2v) is 8.06. The van der Waals surface area contributed by atoms with E-state index in [0.29, 0.717) is 17.2 Å². The number of halogens is 3. The predicted octanol–water partition coefficient (Wildman–Crippen LogP) is 6.90. The minimum atomic E-state index is -4.54. The Morgan fingerprint density at radius 1 is 1.06 bits per heavy atom. The number of alkyl halides is 3. The van der Waals surface area contributed by atoms with Gasteiger partial charge in [-0.1, -0.05) is 29.8 Å². The zero-order valence-corrected chi connectivity index (χ0v) is 18.0. The molecule has 0 amide bonds. The van der Waals surface area contributed by atoms with Crippen LogP contribution in [0.4, 0.5) is 24.0 Å². The molecule has 0 bridgehead atoms. The molecule has 0 saturated carbocycles. The first-order valence-corrected chi connectivity index (χ1v) is 10.8. The lowest BCUT2D eigenvalue weighted by Gasteiger charge is -2.16. The molecule has 0 aliphatic carbocycles. The third kappa shape index (κ3) is 5.45. The maximum atomic E-state index is 13.7. The van der Waals surface area contributed by atoms with Crippen LogP contribution in [0.3, 0.4) is 0 Å². The van der Waals surface area contributed by atoms with E-state index in [1.165, 1.54) is 17.4 Å². The minimum absolute atomic E-state index is 0.153. The number of benzene rings is 2. The van der Waals surface area contributed by atoms with Crippen LogP contribution in [-0.4, -0.2) is 16.6 Å². The number of hydrogen-bond donors (Lipinski definition) is 1. The van der Waals surface area contributed by atoms with Gasteiger partial charge in [-0.05, 0) is 42.8 Å². The first-order valence-electron chi connectivity index (χ1n) is 9.91. The first-order chi connectivity index (χ1) is 15.4. The van der Waals surface area contributed by atoms with E-state index in [1.54, 1.807) is 24.5 Å². The van der Waals surface area contributed by atoms with E-state index >= 15 is 0 Å². The van der Waals surface area contributed by atoms with Crippen molar-refractivity contribution in [1.82, 2.24) is 9.97 Å². The van der Waals surface area contributed by atoms with E-state index in [0.717, 1.165) is 22.8 Å². The smallest absolute Gasteiger partial charge is 0.420 e. The second kappa shape index (κ2) is 9.40. The average Bonchev–Trinajstić information content (AvgIpc) is 3.23. The lowest BCUT2D eigenvalue weighted by molar-refractivity contribution is -0.138. The molecule has 0 aliphatic heterocycles. The van der Waals surface area contributed by atoms with Crippen LogP contribution >= 0.6 is 11.3 Å². The van der Waals surface area contributed by atoms with Gasteiger partial charge in [-0.15, -0.1) is 11.3 Å². The van der Waals surface area contributed by atoms with Gasteiger partial charge in [-0.25, -0.2) is 4.98 Å². The maximum absolute atomic E-state index is 13.7. The molecule has 0 spiro atoms. The molecule has 0 saturated heterocycles. The van der Waals surface area contributed by atoms with Crippen molar-refractivity contribution in [3.63, 3.8) is 0 Å². The van der Waals surface area contributed by atoms with Gasteiger partial charge in [0.2, 0.25) is 0 Å². The fourth-order valence-corrected chi connectivity index (χ4v) is 3.94. The van der Waals surface area contributed by atoms with Gasteiger partial charge in [-0.3, -0.25) is 4.98 Å². The van der Waals surface area contributed by atoms with Crippen molar-refractivity contribution in [3.8, 4) is 17.0 Å². The highest BCUT2D eigenvalue weighted by Gasteiger charge is 2.34. The standard InChI is InChI=1S/C24H20F3N3OS/c1-16-4-2-5-17(12-16)9-11-31-22-8-7-19(13-20(22)24(25,26)27)29-23-30-21(15-32-23)18-6-3-10-28-14-18/h2-8,10,12-15H,9,11H2,1H3,(H,29,30). The summed E-state index contributed by atoms with van der Waals surface area (Å²) in [4.78, 5) is 8.49. The van der Waals surface area contributed by atoms with Gasteiger partial charge in [0.15, 0.2) is 5.13 Å². The molecular weight excluding hydrogens is 435 g/mol. The van der Waals surface area contributed by atoms with Crippen molar-refractivity contribution < 1.29 is 17.9 Å². The molecule has 0 unspecified atom stereocenters. The lowest BCUT2D eigenvalue weighted by Crippen LogP contribution is -2.11. The van der Waals surface area contributed by atoms with Gasteiger partial charge in [0, 0.05) is 35.4 Å². The summed E-state index contributed by atoms with van der Waals surface area (Å²) in [6, 6.07) is 15.4. The topological polar surface area (TPSA) is 47.0 Å².